The maximum Gasteiger partial charge on any atom is 0.330 e. The number of benzene rings is 1. The molecule has 0 spiro atoms. The second kappa shape index (κ2) is 6.83. The van der Waals surface area contributed by atoms with Crippen LogP contribution in [0.2, 0.25) is 0 Å². The summed E-state index contributed by atoms with van der Waals surface area (Å²) in [5.41, 5.74) is 0.108. The maximum atomic E-state index is 12.2. The Morgan fingerprint density at radius 3 is 2.45 bits per heavy atom. The number of amides is 2. The Morgan fingerprint density at radius 2 is 1.95 bits per heavy atom. The molecule has 3 N–H and O–H groups in total. The first-order chi connectivity index (χ1) is 10.4. The lowest BCUT2D eigenvalue weighted by Gasteiger charge is -2.24. The number of hydrogen-bond donors (Lipinski definition) is 3. The first-order valence-corrected chi connectivity index (χ1v) is 8.05. The summed E-state index contributed by atoms with van der Waals surface area (Å²) in [4.78, 5) is 34.5. The van der Waals surface area contributed by atoms with Gasteiger partial charge >= 0.3 is 5.97 Å². The molecular formula is C15H18N2O4S. The van der Waals surface area contributed by atoms with Crippen LogP contribution in [0.25, 0.3) is 0 Å². The minimum Gasteiger partial charge on any atom is -0.479 e. The van der Waals surface area contributed by atoms with Crippen molar-refractivity contribution < 1.29 is 19.5 Å². The van der Waals surface area contributed by atoms with Gasteiger partial charge in [0, 0.05) is 24.8 Å². The van der Waals surface area contributed by atoms with Crippen molar-refractivity contribution in [3.8, 4) is 0 Å². The number of aliphatic carboxylic acids is 1. The van der Waals surface area contributed by atoms with E-state index in [2.05, 4.69) is 10.6 Å². The number of hydrogen-bond acceptors (Lipinski definition) is 4. The molecular weight excluding hydrogens is 304 g/mol. The molecule has 1 aromatic rings. The third-order valence-electron chi connectivity index (χ3n) is 3.54. The molecule has 2 rings (SSSR count). The van der Waals surface area contributed by atoms with Crippen LogP contribution in [0.1, 0.15) is 29.3 Å². The van der Waals surface area contributed by atoms with Gasteiger partial charge in [-0.05, 0) is 29.9 Å². The van der Waals surface area contributed by atoms with Crippen molar-refractivity contribution in [2.75, 3.05) is 11.5 Å². The van der Waals surface area contributed by atoms with Crippen molar-refractivity contribution in [1.82, 2.24) is 10.6 Å². The monoisotopic (exact) mass is 322 g/mol. The minimum absolute atomic E-state index is 0.121. The number of nitrogens with one attached hydrogen (secondary N) is 2. The normalized spacial score (nSPS) is 20.4. The van der Waals surface area contributed by atoms with Crippen molar-refractivity contribution in [2.24, 2.45) is 0 Å². The van der Waals surface area contributed by atoms with E-state index in [9.17, 15) is 19.5 Å². The topological polar surface area (TPSA) is 95.5 Å². The summed E-state index contributed by atoms with van der Waals surface area (Å²) in [5, 5.41) is 14.7. The zero-order valence-electron chi connectivity index (χ0n) is 12.2. The number of rotatable bonds is 5. The van der Waals surface area contributed by atoms with Crippen LogP contribution < -0.4 is 10.6 Å². The number of carbonyl (C=O) groups excluding carboxylic acids is 2. The Balaban J connectivity index is 2.03. The number of thioether (sulfide) groups is 1. The van der Waals surface area contributed by atoms with Gasteiger partial charge in [0.25, 0.3) is 5.91 Å². The molecule has 22 heavy (non-hydrogen) atoms. The summed E-state index contributed by atoms with van der Waals surface area (Å²) in [6.45, 7) is 1.83. The Labute approximate surface area is 132 Å². The van der Waals surface area contributed by atoms with E-state index in [-0.39, 0.29) is 5.91 Å². The molecule has 1 fully saturated rings. The SMILES string of the molecule is CC(=O)NCc1ccc(C(=O)N[C@]2(C(=O)O)CCSC2)cc1. The molecule has 7 heteroatoms. The van der Waals surface area contributed by atoms with E-state index in [1.165, 1.54) is 18.7 Å². The van der Waals surface area contributed by atoms with Crippen LogP contribution in [0.3, 0.4) is 0 Å². The van der Waals surface area contributed by atoms with Crippen LogP contribution in [0.4, 0.5) is 0 Å². The molecule has 1 atom stereocenters. The predicted molar refractivity (Wildman–Crippen MR) is 83.7 cm³/mol. The van der Waals surface area contributed by atoms with Crippen LogP contribution in [-0.4, -0.2) is 39.9 Å². The van der Waals surface area contributed by atoms with Crippen molar-refractivity contribution in [3.05, 3.63) is 35.4 Å². The van der Waals surface area contributed by atoms with Gasteiger partial charge in [-0.2, -0.15) is 11.8 Å². The smallest absolute Gasteiger partial charge is 0.330 e. The van der Waals surface area contributed by atoms with Crippen LogP contribution in [0.15, 0.2) is 24.3 Å². The van der Waals surface area contributed by atoms with E-state index in [1.807, 2.05) is 0 Å². The molecule has 0 aromatic heterocycles. The molecule has 1 aromatic carbocycles. The van der Waals surface area contributed by atoms with Gasteiger partial charge in [0.2, 0.25) is 5.91 Å². The zero-order chi connectivity index (χ0) is 16.2. The van der Waals surface area contributed by atoms with Gasteiger partial charge < -0.3 is 15.7 Å². The first kappa shape index (κ1) is 16.4. The number of carboxylic acids is 1. The third kappa shape index (κ3) is 3.79. The van der Waals surface area contributed by atoms with Gasteiger partial charge in [-0.25, -0.2) is 4.79 Å². The molecule has 0 radical (unpaired) electrons. The Morgan fingerprint density at radius 1 is 1.27 bits per heavy atom. The fourth-order valence-electron chi connectivity index (χ4n) is 2.18. The van der Waals surface area contributed by atoms with E-state index in [0.717, 1.165) is 11.3 Å². The molecule has 1 heterocycles. The van der Waals surface area contributed by atoms with Gasteiger partial charge in [0.15, 0.2) is 0 Å². The molecule has 0 aliphatic carbocycles. The molecule has 6 nitrogen and oxygen atoms in total. The second-order valence-electron chi connectivity index (χ2n) is 5.25. The molecule has 1 aliphatic rings. The summed E-state index contributed by atoms with van der Waals surface area (Å²) in [5.74, 6) is -0.398. The lowest BCUT2D eigenvalue weighted by Crippen LogP contribution is -2.54. The predicted octanol–water partition coefficient (Wildman–Crippen LogP) is 1.01. The maximum absolute atomic E-state index is 12.2. The van der Waals surface area contributed by atoms with E-state index >= 15 is 0 Å². The van der Waals surface area contributed by atoms with Gasteiger partial charge in [0.05, 0.1) is 0 Å². The lowest BCUT2D eigenvalue weighted by molar-refractivity contribution is -0.143. The van der Waals surface area contributed by atoms with E-state index in [0.29, 0.717) is 24.3 Å². The van der Waals surface area contributed by atoms with Crippen LogP contribution in [-0.2, 0) is 16.1 Å². The Hall–Kier alpha value is -2.02. The lowest BCUT2D eigenvalue weighted by atomic mass is 9.98. The van der Waals surface area contributed by atoms with E-state index < -0.39 is 17.4 Å². The molecule has 0 unspecified atom stereocenters. The zero-order valence-corrected chi connectivity index (χ0v) is 13.0. The average Bonchev–Trinajstić information content (AvgIpc) is 2.95. The van der Waals surface area contributed by atoms with Gasteiger partial charge in [-0.1, -0.05) is 12.1 Å². The minimum atomic E-state index is -1.17. The second-order valence-corrected chi connectivity index (χ2v) is 6.36. The molecule has 118 valence electrons. The fourth-order valence-corrected chi connectivity index (χ4v) is 3.50. The van der Waals surface area contributed by atoms with Crippen molar-refractivity contribution in [1.29, 1.82) is 0 Å². The molecule has 1 saturated heterocycles. The standard InChI is InChI=1S/C15H18N2O4S/c1-10(18)16-8-11-2-4-12(5-3-11)13(19)17-15(14(20)21)6-7-22-9-15/h2-5H,6-9H2,1H3,(H,16,18)(H,17,19)(H,20,21)/t15-/m1/s1. The molecule has 2 amide bonds. The summed E-state index contributed by atoms with van der Waals surface area (Å²) in [6.07, 6.45) is 0.430. The largest absolute Gasteiger partial charge is 0.479 e. The van der Waals surface area contributed by atoms with E-state index in [1.54, 1.807) is 24.3 Å². The van der Waals surface area contributed by atoms with Gasteiger partial charge in [-0.15, -0.1) is 0 Å². The van der Waals surface area contributed by atoms with Crippen LogP contribution in [0.5, 0.6) is 0 Å². The summed E-state index contributed by atoms with van der Waals surface area (Å²) in [6, 6.07) is 6.73. The molecule has 0 bridgehead atoms. The highest BCUT2D eigenvalue weighted by Gasteiger charge is 2.43. The fraction of sp³-hybridized carbons (Fsp3) is 0.400. The van der Waals surface area contributed by atoms with Gasteiger partial charge in [-0.3, -0.25) is 9.59 Å². The van der Waals surface area contributed by atoms with Crippen molar-refractivity contribution in [2.45, 2.75) is 25.4 Å². The van der Waals surface area contributed by atoms with Gasteiger partial charge in [0.1, 0.15) is 5.54 Å². The highest BCUT2D eigenvalue weighted by atomic mass is 32.2. The summed E-state index contributed by atoms with van der Waals surface area (Å²) < 4.78 is 0. The molecule has 1 aliphatic heterocycles. The third-order valence-corrected chi connectivity index (χ3v) is 4.73. The average molecular weight is 322 g/mol. The molecule has 0 saturated carbocycles. The van der Waals surface area contributed by atoms with Crippen LogP contribution >= 0.6 is 11.8 Å². The van der Waals surface area contributed by atoms with Crippen molar-refractivity contribution >= 4 is 29.5 Å². The quantitative estimate of drug-likeness (QED) is 0.752. The summed E-state index contributed by atoms with van der Waals surface area (Å²) in [7, 11) is 0. The first-order valence-electron chi connectivity index (χ1n) is 6.90. The van der Waals surface area contributed by atoms with E-state index in [4.69, 9.17) is 0 Å². The highest BCUT2D eigenvalue weighted by molar-refractivity contribution is 7.99. The highest BCUT2D eigenvalue weighted by Crippen LogP contribution is 2.28. The number of carboxylic acid groups (broad SMARTS) is 1. The Bertz CT molecular complexity index is 580. The van der Waals surface area contributed by atoms with Crippen molar-refractivity contribution in [3.63, 3.8) is 0 Å². The number of carbonyl (C=O) groups is 3. The Kier molecular flexibility index (Phi) is 5.07. The summed E-state index contributed by atoms with van der Waals surface area (Å²) >= 11 is 1.52. The van der Waals surface area contributed by atoms with Crippen LogP contribution in [0, 0.1) is 0 Å².